The molecule has 0 saturated heterocycles. The number of amides is 1. The molecule has 1 aromatic rings. The highest BCUT2D eigenvalue weighted by molar-refractivity contribution is 5.95. The van der Waals surface area contributed by atoms with E-state index in [1.165, 1.54) is 0 Å². The number of aromatic nitrogens is 1. The zero-order valence-electron chi connectivity index (χ0n) is 11.3. The largest absolute Gasteiger partial charge is 0.348 e. The van der Waals surface area contributed by atoms with Crippen LogP contribution in [0.15, 0.2) is 12.1 Å². The second-order valence-electron chi connectivity index (χ2n) is 4.66. The molecule has 100 valence electrons. The number of carbonyl (C=O) groups excluding carboxylic acids is 1. The second kappa shape index (κ2) is 6.32. The standard InChI is InChI=1S/C12H21N5O/c1-8-5-10(6-11(14-8)16-13)12(18)15-9(2)7-17(3)4/h5-6,9H,7,13H2,1-4H3,(H,14,16)(H,15,18). The number of nitrogens with two attached hydrogens (primary N) is 1. The third kappa shape index (κ3) is 4.31. The van der Waals surface area contributed by atoms with Crippen LogP contribution in [0.4, 0.5) is 5.82 Å². The minimum absolute atomic E-state index is 0.0789. The first-order valence-electron chi connectivity index (χ1n) is 5.83. The average Bonchev–Trinajstić information content (AvgIpc) is 2.26. The smallest absolute Gasteiger partial charge is 0.251 e. The van der Waals surface area contributed by atoms with Crippen LogP contribution in [-0.2, 0) is 0 Å². The number of nitrogens with zero attached hydrogens (tertiary/aromatic N) is 2. The first-order valence-corrected chi connectivity index (χ1v) is 5.83. The van der Waals surface area contributed by atoms with Crippen LogP contribution in [0.25, 0.3) is 0 Å². The lowest BCUT2D eigenvalue weighted by Crippen LogP contribution is -2.39. The van der Waals surface area contributed by atoms with Gasteiger partial charge in [-0.15, -0.1) is 0 Å². The van der Waals surface area contributed by atoms with E-state index in [1.807, 2.05) is 32.8 Å². The molecular formula is C12H21N5O. The van der Waals surface area contributed by atoms with Gasteiger partial charge >= 0.3 is 0 Å². The molecule has 0 aromatic carbocycles. The number of hydrogen-bond acceptors (Lipinski definition) is 5. The third-order valence-corrected chi connectivity index (χ3v) is 2.38. The van der Waals surface area contributed by atoms with Crippen LogP contribution in [0, 0.1) is 6.92 Å². The molecule has 0 fully saturated rings. The van der Waals surface area contributed by atoms with E-state index in [0.29, 0.717) is 11.4 Å². The molecular weight excluding hydrogens is 230 g/mol. The number of likely N-dealkylation sites (N-methyl/N-ethyl adjacent to an activating group) is 1. The Labute approximate surface area is 108 Å². The SMILES string of the molecule is Cc1cc(C(=O)NC(C)CN(C)C)cc(NN)n1. The Morgan fingerprint density at radius 2 is 2.17 bits per heavy atom. The highest BCUT2D eigenvalue weighted by Crippen LogP contribution is 2.09. The molecule has 4 N–H and O–H groups in total. The average molecular weight is 251 g/mol. The van der Waals surface area contributed by atoms with Gasteiger partial charge in [0.05, 0.1) is 0 Å². The van der Waals surface area contributed by atoms with Gasteiger partial charge in [-0.05, 0) is 40.1 Å². The van der Waals surface area contributed by atoms with Crippen LogP contribution >= 0.6 is 0 Å². The van der Waals surface area contributed by atoms with Crippen molar-refractivity contribution in [1.29, 1.82) is 0 Å². The van der Waals surface area contributed by atoms with Crippen LogP contribution in [0.1, 0.15) is 23.0 Å². The van der Waals surface area contributed by atoms with Crippen molar-refractivity contribution in [3.63, 3.8) is 0 Å². The molecule has 1 heterocycles. The number of rotatable bonds is 5. The Kier molecular flexibility index (Phi) is 5.06. The zero-order chi connectivity index (χ0) is 13.7. The predicted octanol–water partition coefficient (Wildman–Crippen LogP) is 0.356. The van der Waals surface area contributed by atoms with Gasteiger partial charge in [-0.2, -0.15) is 0 Å². The molecule has 1 unspecified atom stereocenters. The first-order chi connectivity index (χ1) is 8.42. The maximum absolute atomic E-state index is 12.0. The normalized spacial score (nSPS) is 12.3. The molecule has 1 amide bonds. The zero-order valence-corrected chi connectivity index (χ0v) is 11.3. The lowest BCUT2D eigenvalue weighted by Gasteiger charge is -2.18. The van der Waals surface area contributed by atoms with E-state index in [1.54, 1.807) is 12.1 Å². The van der Waals surface area contributed by atoms with Crippen LogP contribution in [0.5, 0.6) is 0 Å². The molecule has 0 aliphatic carbocycles. The summed E-state index contributed by atoms with van der Waals surface area (Å²) < 4.78 is 0. The molecule has 0 radical (unpaired) electrons. The highest BCUT2D eigenvalue weighted by atomic mass is 16.1. The van der Waals surface area contributed by atoms with Crippen molar-refractivity contribution in [3.05, 3.63) is 23.4 Å². The number of nitrogen functional groups attached to an aromatic ring is 1. The van der Waals surface area contributed by atoms with Gasteiger partial charge < -0.3 is 15.6 Å². The summed E-state index contributed by atoms with van der Waals surface area (Å²) in [7, 11) is 3.94. The fourth-order valence-corrected chi connectivity index (χ4v) is 1.77. The van der Waals surface area contributed by atoms with Crippen molar-refractivity contribution in [2.45, 2.75) is 19.9 Å². The van der Waals surface area contributed by atoms with E-state index >= 15 is 0 Å². The van der Waals surface area contributed by atoms with E-state index < -0.39 is 0 Å². The van der Waals surface area contributed by atoms with Crippen LogP contribution in [0.2, 0.25) is 0 Å². The number of nitrogens with one attached hydrogen (secondary N) is 2. The topological polar surface area (TPSA) is 83.3 Å². The van der Waals surface area contributed by atoms with E-state index in [-0.39, 0.29) is 11.9 Å². The molecule has 1 atom stereocenters. The highest BCUT2D eigenvalue weighted by Gasteiger charge is 2.12. The fourth-order valence-electron chi connectivity index (χ4n) is 1.77. The monoisotopic (exact) mass is 251 g/mol. The molecule has 0 aliphatic heterocycles. The second-order valence-corrected chi connectivity index (χ2v) is 4.66. The summed E-state index contributed by atoms with van der Waals surface area (Å²) in [5.41, 5.74) is 3.75. The maximum Gasteiger partial charge on any atom is 0.251 e. The van der Waals surface area contributed by atoms with Crippen LogP contribution < -0.4 is 16.6 Å². The first kappa shape index (κ1) is 14.4. The van der Waals surface area contributed by atoms with E-state index in [0.717, 1.165) is 12.2 Å². The Balaban J connectivity index is 2.74. The van der Waals surface area contributed by atoms with Crippen molar-refractivity contribution >= 4 is 11.7 Å². The van der Waals surface area contributed by atoms with Crippen molar-refractivity contribution in [1.82, 2.24) is 15.2 Å². The van der Waals surface area contributed by atoms with Crippen molar-refractivity contribution in [2.75, 3.05) is 26.1 Å². The number of carbonyl (C=O) groups is 1. The summed E-state index contributed by atoms with van der Waals surface area (Å²) in [6, 6.07) is 3.44. The van der Waals surface area contributed by atoms with Crippen molar-refractivity contribution in [3.8, 4) is 0 Å². The number of hydrazine groups is 1. The predicted molar refractivity (Wildman–Crippen MR) is 72.3 cm³/mol. The Bertz CT molecular complexity index is 419. The molecule has 1 rings (SSSR count). The molecule has 0 spiro atoms. The van der Waals surface area contributed by atoms with E-state index in [2.05, 4.69) is 15.7 Å². The Morgan fingerprint density at radius 1 is 1.50 bits per heavy atom. The molecule has 6 heteroatoms. The van der Waals surface area contributed by atoms with Crippen LogP contribution in [0.3, 0.4) is 0 Å². The van der Waals surface area contributed by atoms with Gasteiger partial charge in [0.1, 0.15) is 5.82 Å². The van der Waals surface area contributed by atoms with Gasteiger partial charge in [-0.25, -0.2) is 10.8 Å². The molecule has 0 aliphatic rings. The Hall–Kier alpha value is -1.66. The van der Waals surface area contributed by atoms with Crippen LogP contribution in [-0.4, -0.2) is 42.5 Å². The summed E-state index contributed by atoms with van der Waals surface area (Å²) in [5, 5.41) is 2.93. The molecule has 18 heavy (non-hydrogen) atoms. The van der Waals surface area contributed by atoms with Crippen molar-refractivity contribution < 1.29 is 4.79 Å². The Morgan fingerprint density at radius 3 is 2.72 bits per heavy atom. The van der Waals surface area contributed by atoms with Gasteiger partial charge in [0.25, 0.3) is 5.91 Å². The number of pyridine rings is 1. The quantitative estimate of drug-likeness (QED) is 0.520. The summed E-state index contributed by atoms with van der Waals surface area (Å²) in [5.74, 6) is 5.67. The molecule has 0 bridgehead atoms. The molecule has 0 saturated carbocycles. The molecule has 1 aromatic heterocycles. The minimum atomic E-state index is -0.119. The van der Waals surface area contributed by atoms with Gasteiger partial charge in [-0.3, -0.25) is 4.79 Å². The number of anilines is 1. The number of hydrogen-bond donors (Lipinski definition) is 3. The lowest BCUT2D eigenvalue weighted by molar-refractivity contribution is 0.0934. The van der Waals surface area contributed by atoms with Gasteiger partial charge in [0, 0.05) is 23.8 Å². The fraction of sp³-hybridized carbons (Fsp3) is 0.500. The summed E-state index contributed by atoms with van der Waals surface area (Å²) >= 11 is 0. The summed E-state index contributed by atoms with van der Waals surface area (Å²) in [4.78, 5) is 18.2. The molecule has 6 nitrogen and oxygen atoms in total. The van der Waals surface area contributed by atoms with Gasteiger partial charge in [0.15, 0.2) is 0 Å². The van der Waals surface area contributed by atoms with Gasteiger partial charge in [-0.1, -0.05) is 0 Å². The number of aryl methyl sites for hydroxylation is 1. The third-order valence-electron chi connectivity index (χ3n) is 2.38. The van der Waals surface area contributed by atoms with E-state index in [4.69, 9.17) is 5.84 Å². The van der Waals surface area contributed by atoms with Crippen molar-refractivity contribution in [2.24, 2.45) is 5.84 Å². The van der Waals surface area contributed by atoms with Gasteiger partial charge in [0.2, 0.25) is 0 Å². The lowest BCUT2D eigenvalue weighted by atomic mass is 10.2. The minimum Gasteiger partial charge on any atom is -0.348 e. The summed E-state index contributed by atoms with van der Waals surface area (Å²) in [6.45, 7) is 4.58. The van der Waals surface area contributed by atoms with E-state index in [9.17, 15) is 4.79 Å². The maximum atomic E-state index is 12.0. The summed E-state index contributed by atoms with van der Waals surface area (Å²) in [6.07, 6.45) is 0.